The maximum atomic E-state index is 12.3. The number of hydrogen-bond acceptors (Lipinski definition) is 2. The molecule has 0 aliphatic carbocycles. The van der Waals surface area contributed by atoms with E-state index in [4.69, 9.17) is 5.73 Å². The normalized spacial score (nSPS) is 10.5. The molecule has 82 valence electrons. The number of amides is 1. The van der Waals surface area contributed by atoms with Crippen molar-refractivity contribution in [1.82, 2.24) is 0 Å². The molecule has 0 spiro atoms. The first-order valence-electron chi connectivity index (χ1n) is 4.04. The van der Waals surface area contributed by atoms with Gasteiger partial charge in [-0.1, -0.05) is 6.07 Å². The molecule has 8 heteroatoms. The first kappa shape index (κ1) is 16.0. The van der Waals surface area contributed by atoms with Crippen LogP contribution in [0, 0.1) is 0 Å². The number of nitrogens with two attached hydrogens (primary N) is 1. The number of carbonyl (C=O) groups is 1. The van der Waals surface area contributed by atoms with Crippen molar-refractivity contribution in [2.75, 3.05) is 7.11 Å². The zero-order valence-electron chi connectivity index (χ0n) is 8.84. The maximum absolute atomic E-state index is 12.3. The summed E-state index contributed by atoms with van der Waals surface area (Å²) in [5, 5.41) is 0. The van der Waals surface area contributed by atoms with Crippen LogP contribution in [0.15, 0.2) is 18.2 Å². The molecule has 0 aliphatic heterocycles. The first-order chi connectivity index (χ1) is 6.86. The predicted octanol–water partition coefficient (Wildman–Crippen LogP) is -2.15. The van der Waals surface area contributed by atoms with Crippen molar-refractivity contribution in [1.29, 1.82) is 0 Å². The minimum Gasteiger partial charge on any atom is -0.496 e. The van der Waals surface area contributed by atoms with E-state index in [1.165, 1.54) is 7.11 Å². The molecule has 0 saturated heterocycles. The molecule has 0 unspecified atom stereocenters. The minimum atomic E-state index is -5.10. The summed E-state index contributed by atoms with van der Waals surface area (Å²) in [5.41, 5.74) is 4.06. The van der Waals surface area contributed by atoms with Crippen molar-refractivity contribution >= 4 is 18.3 Å². The van der Waals surface area contributed by atoms with E-state index < -0.39 is 18.3 Å². The molecule has 0 bridgehead atoms. The van der Waals surface area contributed by atoms with Gasteiger partial charge in [0.1, 0.15) is 5.75 Å². The van der Waals surface area contributed by atoms with E-state index in [0.717, 1.165) is 18.2 Å². The van der Waals surface area contributed by atoms with Gasteiger partial charge in [0.2, 0.25) is 0 Å². The number of hydrogen-bond donors (Lipinski definition) is 1. The molecule has 1 aromatic rings. The van der Waals surface area contributed by atoms with Gasteiger partial charge in [-0.25, -0.2) is 0 Å². The van der Waals surface area contributed by atoms with Gasteiger partial charge in [0.05, 0.1) is 12.7 Å². The first-order valence-corrected chi connectivity index (χ1v) is 4.04. The summed E-state index contributed by atoms with van der Waals surface area (Å²) >= 11 is 0. The van der Waals surface area contributed by atoms with Crippen molar-refractivity contribution < 1.29 is 73.9 Å². The second kappa shape index (κ2) is 6.06. The summed E-state index contributed by atoms with van der Waals surface area (Å²) in [6.45, 7) is -5.10. The average molecular weight is 257 g/mol. The van der Waals surface area contributed by atoms with E-state index in [2.05, 4.69) is 4.74 Å². The smallest absolute Gasteiger partial charge is 0.496 e. The Labute approximate surface area is 133 Å². The molecule has 0 radical (unpaired) electrons. The topological polar surface area (TPSA) is 52.3 Å². The molecule has 0 aromatic heterocycles. The third kappa shape index (κ3) is 3.78. The van der Waals surface area contributed by atoms with Crippen LogP contribution in [0.25, 0.3) is 0 Å². The van der Waals surface area contributed by atoms with Crippen LogP contribution in [0.4, 0.5) is 12.9 Å². The van der Waals surface area contributed by atoms with E-state index in [1.54, 1.807) is 0 Å². The number of methoxy groups -OCH3 is 1. The Kier molecular flexibility index (Phi) is 6.05. The van der Waals surface area contributed by atoms with Gasteiger partial charge in [0.15, 0.2) is 0 Å². The molecule has 1 rings (SSSR count). The molecule has 0 heterocycles. The molecular weight excluding hydrogens is 249 g/mol. The molecule has 16 heavy (non-hydrogen) atoms. The van der Waals surface area contributed by atoms with Crippen LogP contribution >= 0.6 is 0 Å². The zero-order chi connectivity index (χ0) is 11.6. The zero-order valence-corrected chi connectivity index (χ0v) is 12.0. The van der Waals surface area contributed by atoms with Crippen LogP contribution in [0.3, 0.4) is 0 Å². The molecule has 2 N–H and O–H groups in total. The Morgan fingerprint density at radius 1 is 1.38 bits per heavy atom. The predicted molar refractivity (Wildman–Crippen MR) is 50.2 cm³/mol. The summed E-state index contributed by atoms with van der Waals surface area (Å²) < 4.78 is 41.6. The molecule has 0 fully saturated rings. The molecule has 3 nitrogen and oxygen atoms in total. The fourth-order valence-corrected chi connectivity index (χ4v) is 1.11. The number of benzene rings is 1. The van der Waals surface area contributed by atoms with Gasteiger partial charge in [-0.05, 0) is 12.1 Å². The SMILES string of the molecule is COc1cc([B-](F)(F)F)ccc1C(N)=O.[K+]. The van der Waals surface area contributed by atoms with Gasteiger partial charge in [0.25, 0.3) is 5.91 Å². The fourth-order valence-electron chi connectivity index (χ4n) is 1.11. The molecule has 0 saturated carbocycles. The van der Waals surface area contributed by atoms with E-state index in [1.807, 2.05) is 0 Å². The molecular formula is C8H8BF3KNO2. The standard InChI is InChI=1S/C8H8BF3NO2.K/c1-15-7-4-5(9(10,11)12)2-3-6(7)8(13)14;/h2-4H,1H3,(H2,13,14);/q-1;+1. The Bertz CT molecular complexity index is 397. The maximum Gasteiger partial charge on any atom is 1.00 e. The third-order valence-electron chi connectivity index (χ3n) is 1.87. The summed E-state index contributed by atoms with van der Waals surface area (Å²) in [5.74, 6) is -0.993. The summed E-state index contributed by atoms with van der Waals surface area (Å²) in [4.78, 5) is 10.8. The number of halogens is 3. The summed E-state index contributed by atoms with van der Waals surface area (Å²) in [6.07, 6.45) is 0. The third-order valence-corrected chi connectivity index (χ3v) is 1.87. The van der Waals surface area contributed by atoms with Gasteiger partial charge >= 0.3 is 58.4 Å². The number of rotatable bonds is 3. The van der Waals surface area contributed by atoms with Crippen LogP contribution in [0.2, 0.25) is 0 Å². The van der Waals surface area contributed by atoms with Crippen LogP contribution in [0.1, 0.15) is 10.4 Å². The van der Waals surface area contributed by atoms with Gasteiger partial charge < -0.3 is 23.4 Å². The van der Waals surface area contributed by atoms with Gasteiger partial charge in [-0.3, -0.25) is 4.79 Å². The number of ether oxygens (including phenoxy) is 1. The van der Waals surface area contributed by atoms with E-state index in [9.17, 15) is 17.7 Å². The van der Waals surface area contributed by atoms with E-state index >= 15 is 0 Å². The summed E-state index contributed by atoms with van der Waals surface area (Å²) in [7, 11) is 1.18. The molecule has 1 aromatic carbocycles. The second-order valence-corrected chi connectivity index (χ2v) is 2.90. The number of primary amides is 1. The molecule has 0 atom stereocenters. The fraction of sp³-hybridized carbons (Fsp3) is 0.125. The number of carbonyl (C=O) groups excluding carboxylic acids is 1. The van der Waals surface area contributed by atoms with Crippen molar-refractivity contribution in [3.63, 3.8) is 0 Å². The van der Waals surface area contributed by atoms with Crippen LogP contribution in [0.5, 0.6) is 5.75 Å². The Morgan fingerprint density at radius 2 is 1.94 bits per heavy atom. The van der Waals surface area contributed by atoms with E-state index in [-0.39, 0.29) is 62.7 Å². The van der Waals surface area contributed by atoms with Crippen LogP contribution in [-0.4, -0.2) is 20.0 Å². The average Bonchev–Trinajstić information content (AvgIpc) is 2.15. The van der Waals surface area contributed by atoms with Crippen molar-refractivity contribution in [3.05, 3.63) is 23.8 Å². The van der Waals surface area contributed by atoms with Crippen molar-refractivity contribution in [3.8, 4) is 5.75 Å². The van der Waals surface area contributed by atoms with Gasteiger partial charge in [-0.15, -0.1) is 5.46 Å². The Morgan fingerprint density at radius 3 is 2.31 bits per heavy atom. The largest absolute Gasteiger partial charge is 1.00 e. The Hall–Kier alpha value is -0.0187. The van der Waals surface area contributed by atoms with Crippen LogP contribution in [-0.2, 0) is 0 Å². The van der Waals surface area contributed by atoms with Crippen molar-refractivity contribution in [2.24, 2.45) is 5.73 Å². The van der Waals surface area contributed by atoms with E-state index in [0.29, 0.717) is 0 Å². The van der Waals surface area contributed by atoms with Gasteiger partial charge in [-0.2, -0.15) is 0 Å². The van der Waals surface area contributed by atoms with Crippen LogP contribution < -0.4 is 67.3 Å². The molecule has 0 aliphatic rings. The summed E-state index contributed by atoms with van der Waals surface area (Å²) in [6, 6.07) is 2.58. The quantitative estimate of drug-likeness (QED) is 0.628. The minimum absolute atomic E-state index is 0. The van der Waals surface area contributed by atoms with Gasteiger partial charge in [0, 0.05) is 0 Å². The Balaban J connectivity index is 0.00000225. The monoisotopic (exact) mass is 257 g/mol. The van der Waals surface area contributed by atoms with Crippen molar-refractivity contribution in [2.45, 2.75) is 0 Å². The second-order valence-electron chi connectivity index (χ2n) is 2.90. The molecule has 1 amide bonds.